The number of halogens is 2. The first-order chi connectivity index (χ1) is 12.8. The summed E-state index contributed by atoms with van der Waals surface area (Å²) < 4.78 is 27.1. The molecule has 27 heavy (non-hydrogen) atoms. The third kappa shape index (κ3) is 3.38. The minimum Gasteiger partial charge on any atom is -0.423 e. The van der Waals surface area contributed by atoms with Gasteiger partial charge in [-0.2, -0.15) is 0 Å². The van der Waals surface area contributed by atoms with Gasteiger partial charge in [-0.3, -0.25) is 9.59 Å². The van der Waals surface area contributed by atoms with Crippen molar-refractivity contribution in [3.8, 4) is 0 Å². The fourth-order valence-corrected chi connectivity index (χ4v) is 3.00. The summed E-state index contributed by atoms with van der Waals surface area (Å²) in [6, 6.07) is 6.38. The Morgan fingerprint density at radius 1 is 1.26 bits per heavy atom. The first-order valence-corrected chi connectivity index (χ1v) is 8.18. The highest BCUT2D eigenvalue weighted by Gasteiger charge is 2.24. The van der Waals surface area contributed by atoms with Gasteiger partial charge in [-0.25, -0.2) is 13.8 Å². The summed E-state index contributed by atoms with van der Waals surface area (Å²) in [7, 11) is 3.33. The number of hydrogen-bond acceptors (Lipinski definition) is 5. The van der Waals surface area contributed by atoms with Crippen LogP contribution in [0.5, 0.6) is 0 Å². The minimum atomic E-state index is -0.894. The highest BCUT2D eigenvalue weighted by atomic mass is 19.1. The Labute approximate surface area is 153 Å². The summed E-state index contributed by atoms with van der Waals surface area (Å²) in [6.07, 6.45) is 1.24. The molecule has 2 heterocycles. The molecule has 0 atom stereocenters. The molecule has 0 spiro atoms. The fourth-order valence-electron chi connectivity index (χ4n) is 3.00. The lowest BCUT2D eigenvalue weighted by molar-refractivity contribution is 0.0976. The number of aryl methyl sites for hydroxylation is 1. The minimum absolute atomic E-state index is 0.00619. The number of carbonyl (C=O) groups is 1. The van der Waals surface area contributed by atoms with Crippen LogP contribution < -0.4 is 10.5 Å². The van der Waals surface area contributed by atoms with E-state index >= 15 is 0 Å². The van der Waals surface area contributed by atoms with Crippen molar-refractivity contribution in [1.82, 2.24) is 9.71 Å². The molecule has 0 amide bonds. The van der Waals surface area contributed by atoms with E-state index in [1.54, 1.807) is 31.1 Å². The largest absolute Gasteiger partial charge is 0.423 e. The Balaban J connectivity index is 2.05. The molecular weight excluding hydrogens is 356 g/mol. The predicted molar refractivity (Wildman–Crippen MR) is 96.5 cm³/mol. The zero-order chi connectivity index (χ0) is 19.7. The van der Waals surface area contributed by atoms with Crippen LogP contribution in [-0.2, 0) is 6.42 Å². The van der Waals surface area contributed by atoms with Crippen LogP contribution >= 0.6 is 0 Å². The lowest BCUT2D eigenvalue weighted by Crippen LogP contribution is -2.30. The van der Waals surface area contributed by atoms with Crippen LogP contribution in [0.2, 0.25) is 0 Å². The first-order valence-electron chi connectivity index (χ1n) is 8.18. The van der Waals surface area contributed by atoms with E-state index in [0.29, 0.717) is 15.8 Å². The summed E-state index contributed by atoms with van der Waals surface area (Å²) in [6.45, 7) is 0. The average Bonchev–Trinajstić information content (AvgIpc) is 2.63. The van der Waals surface area contributed by atoms with Gasteiger partial charge >= 0.3 is 0 Å². The molecule has 6 nitrogen and oxygen atoms in total. The molecule has 1 aromatic carbocycles. The van der Waals surface area contributed by atoms with Crippen molar-refractivity contribution in [2.24, 2.45) is 0 Å². The van der Waals surface area contributed by atoms with E-state index in [1.807, 2.05) is 0 Å². The number of hydrogen-bond donors (Lipinski definition) is 1. The van der Waals surface area contributed by atoms with E-state index in [-0.39, 0.29) is 29.6 Å². The van der Waals surface area contributed by atoms with E-state index in [2.05, 4.69) is 4.98 Å². The number of nitrogens with zero attached hydrogens (tertiary/aromatic N) is 3. The van der Waals surface area contributed by atoms with E-state index in [0.717, 1.165) is 12.1 Å². The Hall–Kier alpha value is -3.29. The Morgan fingerprint density at radius 3 is 2.67 bits per heavy atom. The van der Waals surface area contributed by atoms with Crippen LogP contribution in [0.3, 0.4) is 0 Å². The standard InChI is InChI=1S/C19H17F2N3O3/c1-23(2)17-13-4-3-9-22-18(13)24(27)19(26)16(17)15(25)8-6-11-5-7-12(20)10-14(11)21/h3-5,7,9-10,27H,6,8H2,1-2H3. The highest BCUT2D eigenvalue weighted by molar-refractivity contribution is 6.07. The fraction of sp³-hybridized carbons (Fsp3) is 0.211. The quantitative estimate of drug-likeness (QED) is 0.550. The second-order valence-electron chi connectivity index (χ2n) is 6.27. The average molecular weight is 373 g/mol. The number of Topliss-reactive ketones (excluding diaryl/α,β-unsaturated/α-hetero) is 1. The normalized spacial score (nSPS) is 11.0. The van der Waals surface area contributed by atoms with Crippen LogP contribution in [0.4, 0.5) is 14.5 Å². The van der Waals surface area contributed by atoms with Crippen molar-refractivity contribution in [3.63, 3.8) is 0 Å². The Morgan fingerprint density at radius 2 is 2.00 bits per heavy atom. The maximum absolute atomic E-state index is 13.8. The van der Waals surface area contributed by atoms with Gasteiger partial charge in [0.25, 0.3) is 5.56 Å². The smallest absolute Gasteiger partial charge is 0.297 e. The van der Waals surface area contributed by atoms with E-state index < -0.39 is 23.0 Å². The topological polar surface area (TPSA) is 75.4 Å². The number of ketones is 1. The predicted octanol–water partition coefficient (Wildman–Crippen LogP) is 2.79. The summed E-state index contributed by atoms with van der Waals surface area (Å²) in [5.41, 5.74) is -0.562. The number of pyridine rings is 2. The zero-order valence-corrected chi connectivity index (χ0v) is 14.7. The highest BCUT2D eigenvalue weighted by Crippen LogP contribution is 2.27. The van der Waals surface area contributed by atoms with Crippen molar-refractivity contribution in [2.75, 3.05) is 19.0 Å². The lowest BCUT2D eigenvalue weighted by Gasteiger charge is -2.19. The number of anilines is 1. The van der Waals surface area contributed by atoms with Crippen molar-refractivity contribution in [3.05, 3.63) is 69.6 Å². The molecule has 8 heteroatoms. The van der Waals surface area contributed by atoms with E-state index in [1.165, 1.54) is 12.3 Å². The molecule has 0 saturated heterocycles. The number of carbonyl (C=O) groups excluding carboxylic acids is 1. The zero-order valence-electron chi connectivity index (χ0n) is 14.7. The van der Waals surface area contributed by atoms with E-state index in [4.69, 9.17) is 0 Å². The van der Waals surface area contributed by atoms with Gasteiger partial charge in [0, 0.05) is 38.2 Å². The van der Waals surface area contributed by atoms with Crippen LogP contribution in [0.15, 0.2) is 41.3 Å². The number of benzene rings is 1. The van der Waals surface area contributed by atoms with Gasteiger partial charge in [0.2, 0.25) is 0 Å². The number of aromatic nitrogens is 2. The van der Waals surface area contributed by atoms with Gasteiger partial charge < -0.3 is 10.1 Å². The second-order valence-corrected chi connectivity index (χ2v) is 6.27. The van der Waals surface area contributed by atoms with Crippen LogP contribution in [0, 0.1) is 11.6 Å². The SMILES string of the molecule is CN(C)c1c(C(=O)CCc2ccc(F)cc2F)c(=O)n(O)c2ncccc12. The van der Waals surface area contributed by atoms with Gasteiger partial charge in [0.15, 0.2) is 11.4 Å². The summed E-state index contributed by atoms with van der Waals surface area (Å²) in [5, 5.41) is 10.6. The molecule has 0 bridgehead atoms. The first kappa shape index (κ1) is 18.5. The van der Waals surface area contributed by atoms with Crippen molar-refractivity contribution < 1.29 is 18.8 Å². The van der Waals surface area contributed by atoms with E-state index in [9.17, 15) is 23.6 Å². The van der Waals surface area contributed by atoms with Crippen LogP contribution in [-0.4, -0.2) is 34.8 Å². The summed E-state index contributed by atoms with van der Waals surface area (Å²) >= 11 is 0. The summed E-state index contributed by atoms with van der Waals surface area (Å²) in [5.74, 6) is -2.01. The molecule has 1 N–H and O–H groups in total. The molecule has 0 aliphatic rings. The van der Waals surface area contributed by atoms with Crippen molar-refractivity contribution in [1.29, 1.82) is 0 Å². The molecule has 0 aliphatic carbocycles. The lowest BCUT2D eigenvalue weighted by atomic mass is 10.0. The Kier molecular flexibility index (Phi) is 4.89. The molecule has 0 saturated carbocycles. The Bertz CT molecular complexity index is 1090. The van der Waals surface area contributed by atoms with Gasteiger partial charge in [-0.1, -0.05) is 6.07 Å². The molecule has 2 aromatic heterocycles. The maximum atomic E-state index is 13.8. The number of fused-ring (bicyclic) bond motifs is 1. The maximum Gasteiger partial charge on any atom is 0.297 e. The molecule has 0 radical (unpaired) electrons. The van der Waals surface area contributed by atoms with Crippen molar-refractivity contribution >= 4 is 22.5 Å². The molecule has 0 aliphatic heterocycles. The molecule has 3 rings (SSSR count). The third-order valence-electron chi connectivity index (χ3n) is 4.25. The molecule has 0 fully saturated rings. The van der Waals surface area contributed by atoms with Crippen molar-refractivity contribution in [2.45, 2.75) is 12.8 Å². The van der Waals surface area contributed by atoms with Gasteiger partial charge in [0.05, 0.1) is 5.69 Å². The van der Waals surface area contributed by atoms with Gasteiger partial charge in [0.1, 0.15) is 17.2 Å². The van der Waals surface area contributed by atoms with Crippen LogP contribution in [0.25, 0.3) is 11.0 Å². The number of rotatable bonds is 5. The third-order valence-corrected chi connectivity index (χ3v) is 4.25. The molecule has 3 aromatic rings. The summed E-state index contributed by atoms with van der Waals surface area (Å²) in [4.78, 5) is 30.9. The van der Waals surface area contributed by atoms with Gasteiger partial charge in [-0.15, -0.1) is 4.73 Å². The second kappa shape index (κ2) is 7.14. The molecule has 0 unspecified atom stereocenters. The molecule has 140 valence electrons. The van der Waals surface area contributed by atoms with Crippen LogP contribution in [0.1, 0.15) is 22.3 Å². The van der Waals surface area contributed by atoms with Gasteiger partial charge in [-0.05, 0) is 30.2 Å². The monoisotopic (exact) mass is 373 g/mol. The molecular formula is C19H17F2N3O3.